The third-order valence-electron chi connectivity index (χ3n) is 3.46. The Morgan fingerprint density at radius 3 is 2.26 bits per heavy atom. The van der Waals surface area contributed by atoms with Crippen molar-refractivity contribution in [2.24, 2.45) is 0 Å². The number of hydrogen-bond donors (Lipinski definition) is 1. The van der Waals surface area contributed by atoms with Crippen molar-refractivity contribution in [2.45, 2.75) is 13.5 Å². The SMILES string of the molecule is Cc1nc(N(Cc2ccccc2)c2ccccc2)oc1C(=O)O. The zero-order valence-electron chi connectivity index (χ0n) is 12.6. The van der Waals surface area contributed by atoms with Gasteiger partial charge in [0.1, 0.15) is 0 Å². The Bertz CT molecular complexity index is 798. The second kappa shape index (κ2) is 6.36. The number of aryl methyl sites for hydroxylation is 1. The molecule has 0 bridgehead atoms. The molecule has 0 amide bonds. The third-order valence-corrected chi connectivity index (χ3v) is 3.46. The van der Waals surface area contributed by atoms with Crippen LogP contribution in [0.15, 0.2) is 65.1 Å². The fraction of sp³-hybridized carbons (Fsp3) is 0.111. The molecule has 1 N–H and O–H groups in total. The van der Waals surface area contributed by atoms with E-state index in [1.165, 1.54) is 0 Å². The molecule has 0 aliphatic carbocycles. The van der Waals surface area contributed by atoms with Crippen LogP contribution >= 0.6 is 0 Å². The fourth-order valence-electron chi connectivity index (χ4n) is 2.34. The minimum Gasteiger partial charge on any atom is -0.475 e. The lowest BCUT2D eigenvalue weighted by Gasteiger charge is -2.20. The van der Waals surface area contributed by atoms with Gasteiger partial charge in [-0.25, -0.2) is 4.79 Å². The predicted molar refractivity (Wildman–Crippen MR) is 86.9 cm³/mol. The van der Waals surface area contributed by atoms with Crippen molar-refractivity contribution in [3.05, 3.63) is 77.7 Å². The molecule has 0 radical (unpaired) electrons. The maximum atomic E-state index is 11.2. The van der Waals surface area contributed by atoms with Gasteiger partial charge in [-0.2, -0.15) is 4.98 Å². The number of oxazole rings is 1. The van der Waals surface area contributed by atoms with E-state index in [-0.39, 0.29) is 11.8 Å². The first-order chi connectivity index (χ1) is 11.1. The van der Waals surface area contributed by atoms with Crippen LogP contribution in [0.25, 0.3) is 0 Å². The number of aromatic nitrogens is 1. The summed E-state index contributed by atoms with van der Waals surface area (Å²) < 4.78 is 5.48. The van der Waals surface area contributed by atoms with Crippen molar-refractivity contribution in [1.29, 1.82) is 0 Å². The van der Waals surface area contributed by atoms with Crippen molar-refractivity contribution in [2.75, 3.05) is 4.90 Å². The summed E-state index contributed by atoms with van der Waals surface area (Å²) in [6.45, 7) is 2.16. The molecule has 23 heavy (non-hydrogen) atoms. The topological polar surface area (TPSA) is 66.6 Å². The average molecular weight is 308 g/mol. The number of nitrogens with zero attached hydrogens (tertiary/aromatic N) is 2. The molecule has 0 aliphatic heterocycles. The van der Waals surface area contributed by atoms with Crippen LogP contribution in [0.2, 0.25) is 0 Å². The van der Waals surface area contributed by atoms with E-state index in [0.29, 0.717) is 12.2 Å². The summed E-state index contributed by atoms with van der Waals surface area (Å²) in [6, 6.07) is 19.8. The Hall–Kier alpha value is -3.08. The normalized spacial score (nSPS) is 10.5. The number of rotatable bonds is 5. The summed E-state index contributed by atoms with van der Waals surface area (Å²) in [5, 5.41) is 9.17. The summed E-state index contributed by atoms with van der Waals surface area (Å²) in [7, 11) is 0. The van der Waals surface area contributed by atoms with E-state index in [2.05, 4.69) is 4.98 Å². The van der Waals surface area contributed by atoms with Crippen LogP contribution in [0, 0.1) is 6.92 Å². The van der Waals surface area contributed by atoms with E-state index in [0.717, 1.165) is 11.3 Å². The summed E-state index contributed by atoms with van der Waals surface area (Å²) in [4.78, 5) is 17.3. The third kappa shape index (κ3) is 3.23. The number of hydrogen-bond acceptors (Lipinski definition) is 4. The summed E-state index contributed by atoms with van der Waals surface area (Å²) in [6.07, 6.45) is 0. The Labute approximate surface area is 133 Å². The Morgan fingerprint density at radius 1 is 1.09 bits per heavy atom. The Morgan fingerprint density at radius 2 is 1.70 bits per heavy atom. The highest BCUT2D eigenvalue weighted by Gasteiger charge is 2.21. The number of para-hydroxylation sites is 1. The molecular weight excluding hydrogens is 292 g/mol. The van der Waals surface area contributed by atoms with E-state index in [9.17, 15) is 4.79 Å². The summed E-state index contributed by atoms with van der Waals surface area (Å²) in [5.74, 6) is -1.25. The molecule has 5 heteroatoms. The van der Waals surface area contributed by atoms with Crippen molar-refractivity contribution >= 4 is 17.7 Å². The van der Waals surface area contributed by atoms with E-state index in [4.69, 9.17) is 9.52 Å². The minimum absolute atomic E-state index is 0.131. The van der Waals surface area contributed by atoms with Gasteiger partial charge >= 0.3 is 12.0 Å². The zero-order chi connectivity index (χ0) is 16.2. The van der Waals surface area contributed by atoms with Crippen molar-refractivity contribution < 1.29 is 14.3 Å². The van der Waals surface area contributed by atoms with Crippen LogP contribution in [0.4, 0.5) is 11.7 Å². The first kappa shape index (κ1) is 14.8. The maximum Gasteiger partial charge on any atom is 0.373 e. The number of carbonyl (C=O) groups is 1. The second-order valence-corrected chi connectivity index (χ2v) is 5.12. The van der Waals surface area contributed by atoms with E-state index in [1.807, 2.05) is 65.6 Å². The van der Waals surface area contributed by atoms with E-state index < -0.39 is 5.97 Å². The quantitative estimate of drug-likeness (QED) is 0.771. The molecule has 0 saturated carbocycles. The lowest BCUT2D eigenvalue weighted by molar-refractivity contribution is 0.0662. The minimum atomic E-state index is -1.12. The van der Waals surface area contributed by atoms with Gasteiger partial charge in [0, 0.05) is 5.69 Å². The van der Waals surface area contributed by atoms with Gasteiger partial charge in [-0.05, 0) is 24.6 Å². The lowest BCUT2D eigenvalue weighted by atomic mass is 10.2. The number of benzene rings is 2. The van der Waals surface area contributed by atoms with Crippen LogP contribution < -0.4 is 4.90 Å². The van der Waals surface area contributed by atoms with Crippen molar-refractivity contribution in [3.63, 3.8) is 0 Å². The maximum absolute atomic E-state index is 11.2. The number of carboxylic acids is 1. The van der Waals surface area contributed by atoms with E-state index in [1.54, 1.807) is 6.92 Å². The van der Waals surface area contributed by atoms with Gasteiger partial charge in [0.25, 0.3) is 0 Å². The highest BCUT2D eigenvalue weighted by molar-refractivity contribution is 5.86. The molecule has 1 heterocycles. The monoisotopic (exact) mass is 308 g/mol. The van der Waals surface area contributed by atoms with Crippen molar-refractivity contribution in [1.82, 2.24) is 4.98 Å². The smallest absolute Gasteiger partial charge is 0.373 e. The van der Waals surface area contributed by atoms with Crippen LogP contribution in [0.5, 0.6) is 0 Å². The van der Waals surface area contributed by atoms with Gasteiger partial charge in [-0.15, -0.1) is 0 Å². The van der Waals surface area contributed by atoms with Crippen LogP contribution in [-0.2, 0) is 6.54 Å². The first-order valence-corrected chi connectivity index (χ1v) is 7.22. The number of carboxylic acid groups (broad SMARTS) is 1. The number of aromatic carboxylic acids is 1. The van der Waals surface area contributed by atoms with Crippen LogP contribution in [0.1, 0.15) is 21.8 Å². The van der Waals surface area contributed by atoms with Crippen LogP contribution in [0.3, 0.4) is 0 Å². The molecule has 116 valence electrons. The molecule has 0 unspecified atom stereocenters. The lowest BCUT2D eigenvalue weighted by Crippen LogP contribution is -2.16. The van der Waals surface area contributed by atoms with Gasteiger partial charge < -0.3 is 9.52 Å². The molecule has 0 aliphatic rings. The van der Waals surface area contributed by atoms with Gasteiger partial charge in [0.15, 0.2) is 0 Å². The molecule has 0 saturated heterocycles. The molecule has 2 aromatic carbocycles. The van der Waals surface area contributed by atoms with Crippen LogP contribution in [-0.4, -0.2) is 16.1 Å². The molecular formula is C18H16N2O3. The Kier molecular flexibility index (Phi) is 4.10. The summed E-state index contributed by atoms with van der Waals surface area (Å²) >= 11 is 0. The van der Waals surface area contributed by atoms with Crippen molar-refractivity contribution in [3.8, 4) is 0 Å². The number of anilines is 2. The highest BCUT2D eigenvalue weighted by Crippen LogP contribution is 2.28. The van der Waals surface area contributed by atoms with Gasteiger partial charge in [0.2, 0.25) is 5.76 Å². The molecule has 1 aromatic heterocycles. The largest absolute Gasteiger partial charge is 0.475 e. The summed E-state index contributed by atoms with van der Waals surface area (Å²) in [5.41, 5.74) is 2.32. The molecule has 0 fully saturated rings. The molecule has 3 aromatic rings. The second-order valence-electron chi connectivity index (χ2n) is 5.12. The Balaban J connectivity index is 2.02. The zero-order valence-corrected chi connectivity index (χ0v) is 12.6. The molecule has 0 atom stereocenters. The van der Waals surface area contributed by atoms with E-state index >= 15 is 0 Å². The molecule has 5 nitrogen and oxygen atoms in total. The first-order valence-electron chi connectivity index (χ1n) is 7.22. The molecule has 0 spiro atoms. The van der Waals surface area contributed by atoms with Gasteiger partial charge in [-0.1, -0.05) is 48.5 Å². The van der Waals surface area contributed by atoms with Gasteiger partial charge in [0.05, 0.1) is 12.2 Å². The standard InChI is InChI=1S/C18H16N2O3/c1-13-16(17(21)22)23-18(19-13)20(15-10-6-3-7-11-15)12-14-8-4-2-5-9-14/h2-11H,12H2,1H3,(H,21,22). The highest BCUT2D eigenvalue weighted by atomic mass is 16.4. The predicted octanol–water partition coefficient (Wildman–Crippen LogP) is 4.02. The molecule has 3 rings (SSSR count). The fourth-order valence-corrected chi connectivity index (χ4v) is 2.34. The van der Waals surface area contributed by atoms with Gasteiger partial charge in [-0.3, -0.25) is 4.90 Å². The average Bonchev–Trinajstić information content (AvgIpc) is 2.96.